The molecule has 0 aliphatic heterocycles. The Morgan fingerprint density at radius 1 is 0.541 bits per heavy atom. The van der Waals surface area contributed by atoms with E-state index in [-0.39, 0.29) is 21.5 Å². The minimum Gasteiger partial charge on any atom is -0.507 e. The van der Waals surface area contributed by atoms with E-state index in [0.29, 0.717) is 6.07 Å². The van der Waals surface area contributed by atoms with Gasteiger partial charge in [0.1, 0.15) is 21.3 Å². The van der Waals surface area contributed by atoms with Gasteiger partial charge >= 0.3 is 10.1 Å². The lowest BCUT2D eigenvalue weighted by molar-refractivity contribution is 0.470. The first-order valence-corrected chi connectivity index (χ1v) is 15.3. The molecule has 4 N–H and O–H groups in total. The van der Waals surface area contributed by atoms with E-state index in [4.69, 9.17) is 4.18 Å². The van der Waals surface area contributed by atoms with Crippen molar-refractivity contribution < 1.29 is 56.6 Å². The maximum Gasteiger partial charge on any atom is 0.339 e. The van der Waals surface area contributed by atoms with Crippen LogP contribution in [0.2, 0.25) is 0 Å². The van der Waals surface area contributed by atoms with E-state index in [0.717, 1.165) is 54.6 Å². The Morgan fingerprint density at radius 3 is 1.70 bits per heavy atom. The van der Waals surface area contributed by atoms with Gasteiger partial charge in [-0.2, -0.15) is 33.7 Å². The van der Waals surface area contributed by atoms with Crippen molar-refractivity contribution >= 4 is 62.0 Å². The first-order valence-electron chi connectivity index (χ1n) is 9.58. The molecule has 0 aromatic heterocycles. The van der Waals surface area contributed by atoms with Crippen molar-refractivity contribution in [3.63, 3.8) is 0 Å². The van der Waals surface area contributed by atoms with Crippen LogP contribution in [0.15, 0.2) is 80.2 Å². The summed E-state index contributed by atoms with van der Waals surface area (Å²) in [6, 6.07) is 9.24. The highest BCUT2D eigenvalue weighted by Crippen LogP contribution is 2.33. The topological polar surface area (TPSA) is 227 Å². The molecule has 0 bridgehead atoms. The first kappa shape index (κ1) is 26.7. The fourth-order valence-corrected chi connectivity index (χ4v) is 6.31. The second kappa shape index (κ2) is 8.62. The molecule has 13 nitrogen and oxygen atoms in total. The molecule has 0 saturated carbocycles. The van der Waals surface area contributed by atoms with E-state index < -0.39 is 71.6 Å². The summed E-state index contributed by atoms with van der Waals surface area (Å²) in [7, 11) is -19.3. The average Bonchev–Trinajstić information content (AvgIpc) is 2.75. The van der Waals surface area contributed by atoms with E-state index in [1.54, 1.807) is 0 Å². The Labute approximate surface area is 209 Å². The zero-order valence-corrected chi connectivity index (χ0v) is 21.1. The van der Waals surface area contributed by atoms with E-state index in [9.17, 15) is 52.4 Å². The smallest absolute Gasteiger partial charge is 0.339 e. The molecular formula is C20H14O13S4. The van der Waals surface area contributed by atoms with Crippen LogP contribution in [-0.2, 0) is 40.5 Å². The summed E-state index contributed by atoms with van der Waals surface area (Å²) < 4.78 is 128. The number of fused-ring (bicyclic) bond motifs is 2. The molecule has 4 rings (SSSR count). The number of aromatic hydroxyl groups is 1. The van der Waals surface area contributed by atoms with E-state index in [1.165, 1.54) is 0 Å². The van der Waals surface area contributed by atoms with Crippen LogP contribution >= 0.6 is 0 Å². The molecule has 0 aliphatic carbocycles. The second-order valence-corrected chi connectivity index (χ2v) is 13.4. The Balaban J connectivity index is 1.83. The Hall–Kier alpha value is -3.32. The van der Waals surface area contributed by atoms with Crippen molar-refractivity contribution in [2.24, 2.45) is 0 Å². The van der Waals surface area contributed by atoms with Crippen LogP contribution in [0.3, 0.4) is 0 Å². The van der Waals surface area contributed by atoms with Crippen LogP contribution < -0.4 is 4.18 Å². The Bertz CT molecular complexity index is 2050. The average molecular weight is 591 g/mol. The maximum absolute atomic E-state index is 12.9. The minimum atomic E-state index is -5.04. The summed E-state index contributed by atoms with van der Waals surface area (Å²) in [5, 5.41) is 9.57. The third-order valence-corrected chi connectivity index (χ3v) is 8.90. The summed E-state index contributed by atoms with van der Waals surface area (Å²) in [5.41, 5.74) is 0. The summed E-state index contributed by atoms with van der Waals surface area (Å²) in [4.78, 5) is -2.98. The standard InChI is InChI=1S/C20H14O13S4/c21-19-9-15(34(22,23)24)7-12-6-14(3-4-17(12)19)37(31,32)33-13-2-1-11-5-16(35(25,26)27)10-20(18(11)8-13)36(28,29)30/h1-10,21H,(H,22,23,24)(H,25,26,27)(H,28,29,30). The third-order valence-electron chi connectivity index (χ3n) is 5.11. The minimum absolute atomic E-state index is 0.0597. The van der Waals surface area contributed by atoms with Gasteiger partial charge in [-0.1, -0.05) is 6.07 Å². The molecule has 0 unspecified atom stereocenters. The highest BCUT2D eigenvalue weighted by molar-refractivity contribution is 7.87. The molecule has 0 saturated heterocycles. The summed E-state index contributed by atoms with van der Waals surface area (Å²) in [6.07, 6.45) is 0. The number of hydrogen-bond acceptors (Lipinski definition) is 10. The fraction of sp³-hybridized carbons (Fsp3) is 0. The highest BCUT2D eigenvalue weighted by atomic mass is 32.2. The lowest BCUT2D eigenvalue weighted by Crippen LogP contribution is -2.10. The highest BCUT2D eigenvalue weighted by Gasteiger charge is 2.23. The zero-order valence-electron chi connectivity index (χ0n) is 17.9. The molecule has 4 aromatic rings. The molecule has 0 atom stereocenters. The van der Waals surface area contributed by atoms with Crippen LogP contribution in [0.5, 0.6) is 11.5 Å². The number of phenolic OH excluding ortho intramolecular Hbond substituents is 1. The summed E-state index contributed by atoms with van der Waals surface area (Å²) in [6.45, 7) is 0. The van der Waals surface area contributed by atoms with Gasteiger partial charge in [-0.25, -0.2) is 0 Å². The van der Waals surface area contributed by atoms with Gasteiger partial charge in [0.25, 0.3) is 30.4 Å². The fourth-order valence-electron chi connectivity index (χ4n) is 3.47. The van der Waals surface area contributed by atoms with Gasteiger partial charge < -0.3 is 9.29 Å². The number of phenols is 1. The SMILES string of the molecule is O=S(=O)(O)c1cc(O)c2ccc(S(=O)(=O)Oc3ccc4cc(S(=O)(=O)O)cc(S(=O)(=O)O)c4c3)cc2c1. The van der Waals surface area contributed by atoms with Crippen molar-refractivity contribution in [1.82, 2.24) is 0 Å². The van der Waals surface area contributed by atoms with Crippen LogP contribution in [0.25, 0.3) is 21.5 Å². The van der Waals surface area contributed by atoms with Crippen LogP contribution in [0, 0.1) is 0 Å². The van der Waals surface area contributed by atoms with E-state index in [1.807, 2.05) is 0 Å². The molecule has 196 valence electrons. The lowest BCUT2D eigenvalue weighted by Gasteiger charge is -2.11. The van der Waals surface area contributed by atoms with Crippen molar-refractivity contribution in [2.45, 2.75) is 19.6 Å². The summed E-state index contributed by atoms with van der Waals surface area (Å²) >= 11 is 0. The van der Waals surface area contributed by atoms with E-state index in [2.05, 4.69) is 0 Å². The molecule has 0 radical (unpaired) electrons. The first-order chi connectivity index (χ1) is 16.9. The van der Waals surface area contributed by atoms with Gasteiger partial charge in [0.05, 0.1) is 9.79 Å². The molecule has 4 aromatic carbocycles. The Kier molecular flexibility index (Phi) is 6.23. The lowest BCUT2D eigenvalue weighted by atomic mass is 10.1. The van der Waals surface area contributed by atoms with Crippen LogP contribution in [-0.4, -0.2) is 52.4 Å². The van der Waals surface area contributed by atoms with Gasteiger partial charge in [-0.15, -0.1) is 0 Å². The van der Waals surface area contributed by atoms with Crippen LogP contribution in [0.1, 0.15) is 0 Å². The monoisotopic (exact) mass is 590 g/mol. The van der Waals surface area contributed by atoms with E-state index >= 15 is 0 Å². The van der Waals surface area contributed by atoms with Gasteiger partial charge in [0.2, 0.25) is 0 Å². The van der Waals surface area contributed by atoms with Crippen molar-refractivity contribution in [1.29, 1.82) is 0 Å². The number of benzene rings is 4. The largest absolute Gasteiger partial charge is 0.507 e. The summed E-state index contributed by atoms with van der Waals surface area (Å²) in [5.74, 6) is -1.00. The van der Waals surface area contributed by atoms with Crippen molar-refractivity contribution in [2.75, 3.05) is 0 Å². The zero-order chi connectivity index (χ0) is 27.6. The molecule has 37 heavy (non-hydrogen) atoms. The van der Waals surface area contributed by atoms with Crippen molar-refractivity contribution in [3.8, 4) is 11.5 Å². The third kappa shape index (κ3) is 5.37. The Morgan fingerprint density at radius 2 is 1.11 bits per heavy atom. The molecule has 0 heterocycles. The molecule has 0 amide bonds. The number of hydrogen-bond donors (Lipinski definition) is 4. The maximum atomic E-state index is 12.9. The van der Waals surface area contributed by atoms with Gasteiger partial charge in [0.15, 0.2) is 0 Å². The predicted molar refractivity (Wildman–Crippen MR) is 127 cm³/mol. The molecule has 0 fully saturated rings. The van der Waals surface area contributed by atoms with Gasteiger partial charge in [0, 0.05) is 16.8 Å². The normalized spacial score (nSPS) is 13.2. The van der Waals surface area contributed by atoms with Gasteiger partial charge in [-0.05, 0) is 59.3 Å². The number of rotatable bonds is 6. The quantitative estimate of drug-likeness (QED) is 0.187. The molecule has 0 aliphatic rings. The predicted octanol–water partition coefficient (Wildman–Crippen LogP) is 2.21. The molecular weight excluding hydrogens is 576 g/mol. The second-order valence-electron chi connectivity index (χ2n) is 7.59. The molecule has 0 spiro atoms. The van der Waals surface area contributed by atoms with Crippen molar-refractivity contribution in [3.05, 3.63) is 60.7 Å². The van der Waals surface area contributed by atoms with Crippen LogP contribution in [0.4, 0.5) is 0 Å². The molecule has 17 heteroatoms. The van der Waals surface area contributed by atoms with Gasteiger partial charge in [-0.3, -0.25) is 13.7 Å².